The molecule has 1 aliphatic rings. The molecule has 110 valence electrons. The topological polar surface area (TPSA) is 26.3 Å². The van der Waals surface area contributed by atoms with Crippen molar-refractivity contribution in [1.29, 1.82) is 0 Å². The highest BCUT2D eigenvalue weighted by molar-refractivity contribution is 5.75. The predicted molar refractivity (Wildman–Crippen MR) is 81.8 cm³/mol. The lowest BCUT2D eigenvalue weighted by Crippen LogP contribution is -2.25. The molecule has 0 saturated heterocycles. The van der Waals surface area contributed by atoms with Crippen LogP contribution in [-0.4, -0.2) is 5.97 Å². The van der Waals surface area contributed by atoms with Crippen molar-refractivity contribution in [2.45, 2.75) is 58.8 Å². The quantitative estimate of drug-likeness (QED) is 0.571. The van der Waals surface area contributed by atoms with Crippen molar-refractivity contribution in [3.8, 4) is 5.75 Å². The molecule has 0 heterocycles. The van der Waals surface area contributed by atoms with Gasteiger partial charge in [-0.05, 0) is 55.7 Å². The third-order valence-corrected chi connectivity index (χ3v) is 4.43. The summed E-state index contributed by atoms with van der Waals surface area (Å²) < 4.78 is 5.51. The molecule has 2 nitrogen and oxygen atoms in total. The molecule has 2 heteroatoms. The van der Waals surface area contributed by atoms with Crippen LogP contribution < -0.4 is 4.74 Å². The Kier molecular flexibility index (Phi) is 5.63. The zero-order valence-corrected chi connectivity index (χ0v) is 12.7. The van der Waals surface area contributed by atoms with Crippen molar-refractivity contribution in [3.63, 3.8) is 0 Å². The summed E-state index contributed by atoms with van der Waals surface area (Å²) in [5.74, 6) is 1.58. The Morgan fingerprint density at radius 1 is 1.10 bits per heavy atom. The largest absolute Gasteiger partial charge is 0.426 e. The van der Waals surface area contributed by atoms with Gasteiger partial charge in [-0.2, -0.15) is 0 Å². The summed E-state index contributed by atoms with van der Waals surface area (Å²) >= 11 is 0. The van der Waals surface area contributed by atoms with E-state index in [0.717, 1.165) is 25.2 Å². The van der Waals surface area contributed by atoms with E-state index in [2.05, 4.69) is 13.8 Å². The lowest BCUT2D eigenvalue weighted by atomic mass is 9.80. The van der Waals surface area contributed by atoms with Gasteiger partial charge in [0.2, 0.25) is 0 Å². The van der Waals surface area contributed by atoms with Crippen molar-refractivity contribution in [2.75, 3.05) is 0 Å². The van der Waals surface area contributed by atoms with Crippen LogP contribution in [0.15, 0.2) is 24.3 Å². The van der Waals surface area contributed by atoms with Gasteiger partial charge in [0.25, 0.3) is 0 Å². The summed E-state index contributed by atoms with van der Waals surface area (Å²) in [6.07, 6.45) is 7.93. The van der Waals surface area contributed by atoms with Crippen LogP contribution in [0.25, 0.3) is 0 Å². The van der Waals surface area contributed by atoms with Crippen molar-refractivity contribution >= 4 is 5.97 Å². The SMILES string of the molecule is CCCC1CCC(C(=O)Oc2ccc(CC)cc2)CC1. The standard InChI is InChI=1S/C18H26O2/c1-3-5-15-6-10-16(11-7-15)18(19)20-17-12-8-14(4-2)9-13-17/h8-9,12-13,15-16H,3-7,10-11H2,1-2H3. The molecule has 1 aromatic rings. The first-order chi connectivity index (χ1) is 9.72. The lowest BCUT2D eigenvalue weighted by Gasteiger charge is -2.26. The van der Waals surface area contributed by atoms with E-state index in [-0.39, 0.29) is 11.9 Å². The highest BCUT2D eigenvalue weighted by Crippen LogP contribution is 2.32. The smallest absolute Gasteiger partial charge is 0.314 e. The molecule has 0 atom stereocenters. The molecule has 0 N–H and O–H groups in total. The predicted octanol–water partition coefficient (Wildman–Crippen LogP) is 4.76. The molecule has 0 aliphatic heterocycles. The monoisotopic (exact) mass is 274 g/mol. The molecule has 1 aromatic carbocycles. The van der Waals surface area contributed by atoms with Gasteiger partial charge < -0.3 is 4.74 Å². The maximum atomic E-state index is 12.2. The molecule has 1 fully saturated rings. The van der Waals surface area contributed by atoms with Crippen LogP contribution in [0.1, 0.15) is 57.9 Å². The Morgan fingerprint density at radius 3 is 2.30 bits per heavy atom. The molecule has 0 amide bonds. The number of rotatable bonds is 5. The molecule has 0 bridgehead atoms. The molecule has 2 rings (SSSR count). The van der Waals surface area contributed by atoms with E-state index in [1.165, 1.54) is 31.2 Å². The second-order valence-corrected chi connectivity index (χ2v) is 5.92. The summed E-state index contributed by atoms with van der Waals surface area (Å²) in [6.45, 7) is 4.36. The number of aryl methyl sites for hydroxylation is 1. The average molecular weight is 274 g/mol. The fourth-order valence-corrected chi connectivity index (χ4v) is 3.09. The van der Waals surface area contributed by atoms with Crippen molar-refractivity contribution in [2.24, 2.45) is 11.8 Å². The molecule has 20 heavy (non-hydrogen) atoms. The van der Waals surface area contributed by atoms with Gasteiger partial charge in [-0.1, -0.05) is 38.8 Å². The van der Waals surface area contributed by atoms with E-state index in [9.17, 15) is 4.79 Å². The molecule has 0 aromatic heterocycles. The first-order valence-corrected chi connectivity index (χ1v) is 8.03. The van der Waals surface area contributed by atoms with Crippen LogP contribution in [0.5, 0.6) is 5.75 Å². The summed E-state index contributed by atoms with van der Waals surface area (Å²) in [5.41, 5.74) is 1.27. The van der Waals surface area contributed by atoms with Crippen LogP contribution in [0.2, 0.25) is 0 Å². The zero-order valence-electron chi connectivity index (χ0n) is 12.7. The normalized spacial score (nSPS) is 22.5. The summed E-state index contributed by atoms with van der Waals surface area (Å²) in [5, 5.41) is 0. The van der Waals surface area contributed by atoms with Gasteiger partial charge in [0, 0.05) is 0 Å². The van der Waals surface area contributed by atoms with E-state index in [4.69, 9.17) is 4.74 Å². The van der Waals surface area contributed by atoms with Gasteiger partial charge in [0.15, 0.2) is 0 Å². The Bertz CT molecular complexity index is 414. The minimum Gasteiger partial charge on any atom is -0.426 e. The minimum absolute atomic E-state index is 0.0378. The van der Waals surface area contributed by atoms with Gasteiger partial charge in [-0.25, -0.2) is 0 Å². The van der Waals surface area contributed by atoms with Crippen LogP contribution in [0, 0.1) is 11.8 Å². The van der Waals surface area contributed by atoms with Crippen molar-refractivity contribution < 1.29 is 9.53 Å². The molecule has 1 aliphatic carbocycles. The summed E-state index contributed by atoms with van der Waals surface area (Å²) in [4.78, 5) is 12.2. The second kappa shape index (κ2) is 7.47. The summed E-state index contributed by atoms with van der Waals surface area (Å²) in [7, 11) is 0. The van der Waals surface area contributed by atoms with Gasteiger partial charge in [-0.15, -0.1) is 0 Å². The highest BCUT2D eigenvalue weighted by atomic mass is 16.5. The molecular formula is C18H26O2. The number of hydrogen-bond acceptors (Lipinski definition) is 2. The fourth-order valence-electron chi connectivity index (χ4n) is 3.09. The molecule has 0 spiro atoms. The maximum absolute atomic E-state index is 12.2. The molecule has 0 unspecified atom stereocenters. The van der Waals surface area contributed by atoms with Gasteiger partial charge >= 0.3 is 5.97 Å². The van der Waals surface area contributed by atoms with Crippen molar-refractivity contribution in [3.05, 3.63) is 29.8 Å². The van der Waals surface area contributed by atoms with E-state index < -0.39 is 0 Å². The van der Waals surface area contributed by atoms with E-state index in [1.54, 1.807) is 0 Å². The Hall–Kier alpha value is -1.31. The molecule has 1 saturated carbocycles. The van der Waals surface area contributed by atoms with Crippen LogP contribution in [0.4, 0.5) is 0 Å². The molecular weight excluding hydrogens is 248 g/mol. The van der Waals surface area contributed by atoms with Crippen molar-refractivity contribution in [1.82, 2.24) is 0 Å². The van der Waals surface area contributed by atoms with Crippen LogP contribution >= 0.6 is 0 Å². The number of benzene rings is 1. The highest BCUT2D eigenvalue weighted by Gasteiger charge is 2.27. The van der Waals surface area contributed by atoms with Gasteiger partial charge in [0.1, 0.15) is 5.75 Å². The average Bonchev–Trinajstić information content (AvgIpc) is 2.49. The second-order valence-electron chi connectivity index (χ2n) is 5.92. The number of carbonyl (C=O) groups is 1. The van der Waals surface area contributed by atoms with Gasteiger partial charge in [-0.3, -0.25) is 4.79 Å². The number of carbonyl (C=O) groups excluding carboxylic acids is 1. The van der Waals surface area contributed by atoms with Crippen LogP contribution in [-0.2, 0) is 11.2 Å². The molecule has 0 radical (unpaired) electrons. The first-order valence-electron chi connectivity index (χ1n) is 8.03. The third kappa shape index (κ3) is 4.09. The Morgan fingerprint density at radius 2 is 1.75 bits per heavy atom. The Balaban J connectivity index is 1.83. The third-order valence-electron chi connectivity index (χ3n) is 4.43. The fraction of sp³-hybridized carbons (Fsp3) is 0.611. The maximum Gasteiger partial charge on any atom is 0.314 e. The van der Waals surface area contributed by atoms with E-state index >= 15 is 0 Å². The number of hydrogen-bond donors (Lipinski definition) is 0. The number of ether oxygens (including phenoxy) is 1. The lowest BCUT2D eigenvalue weighted by molar-refractivity contribution is -0.140. The van der Waals surface area contributed by atoms with E-state index in [1.807, 2.05) is 24.3 Å². The minimum atomic E-state index is -0.0378. The summed E-state index contributed by atoms with van der Waals surface area (Å²) in [6, 6.07) is 7.86. The number of esters is 1. The van der Waals surface area contributed by atoms with E-state index in [0.29, 0.717) is 5.75 Å². The van der Waals surface area contributed by atoms with Gasteiger partial charge in [0.05, 0.1) is 5.92 Å². The Labute approximate surface area is 122 Å². The van der Waals surface area contributed by atoms with Crippen LogP contribution in [0.3, 0.4) is 0 Å². The first kappa shape index (κ1) is 15.1. The zero-order chi connectivity index (χ0) is 14.4.